The van der Waals surface area contributed by atoms with E-state index in [0.717, 1.165) is 0 Å². The molecule has 0 radical (unpaired) electrons. The van der Waals surface area contributed by atoms with Gasteiger partial charge in [0.2, 0.25) is 0 Å². The van der Waals surface area contributed by atoms with Crippen molar-refractivity contribution in [3.05, 3.63) is 40.4 Å². The van der Waals surface area contributed by atoms with Gasteiger partial charge in [0, 0.05) is 30.0 Å². The van der Waals surface area contributed by atoms with Crippen molar-refractivity contribution < 1.29 is 14.8 Å². The number of benzene rings is 1. The lowest BCUT2D eigenvalue weighted by molar-refractivity contribution is -0.384. The van der Waals surface area contributed by atoms with E-state index >= 15 is 0 Å². The molecule has 1 unspecified atom stereocenters. The third-order valence-corrected chi connectivity index (χ3v) is 3.07. The summed E-state index contributed by atoms with van der Waals surface area (Å²) >= 11 is 0. The van der Waals surface area contributed by atoms with Crippen LogP contribution in [0.5, 0.6) is 0 Å². The van der Waals surface area contributed by atoms with E-state index in [1.54, 1.807) is 18.2 Å². The molecule has 0 fully saturated rings. The molecule has 1 aromatic heterocycles. The molecule has 0 spiro atoms. The largest absolute Gasteiger partial charge is 0.481 e. The molecule has 2 aromatic rings. The number of carboxylic acids is 1. The van der Waals surface area contributed by atoms with Gasteiger partial charge in [-0.1, -0.05) is 0 Å². The summed E-state index contributed by atoms with van der Waals surface area (Å²) in [5.74, 6) is -0.211. The van der Waals surface area contributed by atoms with Crippen LogP contribution in [0.1, 0.15) is 19.8 Å². The van der Waals surface area contributed by atoms with Gasteiger partial charge in [-0.3, -0.25) is 14.9 Å². The van der Waals surface area contributed by atoms with Crippen molar-refractivity contribution in [1.29, 1.82) is 0 Å². The summed E-state index contributed by atoms with van der Waals surface area (Å²) in [6.07, 6.45) is 0.587. The third kappa shape index (κ3) is 3.88. The van der Waals surface area contributed by atoms with Crippen LogP contribution in [0.2, 0.25) is 0 Å². The van der Waals surface area contributed by atoms with Gasteiger partial charge in [0.15, 0.2) is 0 Å². The Hall–Kier alpha value is -2.70. The van der Waals surface area contributed by atoms with E-state index in [4.69, 9.17) is 5.11 Å². The molecule has 7 heteroatoms. The fraction of sp³-hybridized carbons (Fsp3) is 0.286. The fourth-order valence-electron chi connectivity index (χ4n) is 1.97. The molecule has 2 N–H and O–H groups in total. The van der Waals surface area contributed by atoms with Crippen LogP contribution >= 0.6 is 0 Å². The first-order valence-corrected chi connectivity index (χ1v) is 6.49. The van der Waals surface area contributed by atoms with Crippen molar-refractivity contribution in [2.24, 2.45) is 0 Å². The predicted octanol–water partition coefficient (Wildman–Crippen LogP) is 2.81. The normalized spacial score (nSPS) is 12.0. The van der Waals surface area contributed by atoms with Crippen LogP contribution in [-0.2, 0) is 4.79 Å². The first-order chi connectivity index (χ1) is 9.95. The summed E-state index contributed by atoms with van der Waals surface area (Å²) in [6, 6.07) is 7.93. The van der Waals surface area contributed by atoms with E-state index in [1.807, 2.05) is 6.92 Å². The summed E-state index contributed by atoms with van der Waals surface area (Å²) in [7, 11) is 0. The molecule has 0 saturated heterocycles. The van der Waals surface area contributed by atoms with Crippen LogP contribution in [0.4, 0.5) is 11.5 Å². The van der Waals surface area contributed by atoms with E-state index in [-0.39, 0.29) is 18.2 Å². The number of nitro groups is 1. The highest BCUT2D eigenvalue weighted by Gasteiger charge is 2.09. The lowest BCUT2D eigenvalue weighted by atomic mass is 10.1. The van der Waals surface area contributed by atoms with Gasteiger partial charge in [-0.15, -0.1) is 0 Å². The Bertz CT molecular complexity index is 687. The highest BCUT2D eigenvalue weighted by atomic mass is 16.6. The SMILES string of the molecule is CC(CCC(=O)O)Nc1ccc2cc([N+](=O)[O-])ccc2n1. The van der Waals surface area contributed by atoms with Crippen LogP contribution in [0.25, 0.3) is 10.9 Å². The second-order valence-corrected chi connectivity index (χ2v) is 4.81. The number of nitrogens with zero attached hydrogens (tertiary/aromatic N) is 2. The molecular formula is C14H15N3O4. The van der Waals surface area contributed by atoms with E-state index in [2.05, 4.69) is 10.3 Å². The van der Waals surface area contributed by atoms with Crippen molar-refractivity contribution in [2.75, 3.05) is 5.32 Å². The third-order valence-electron chi connectivity index (χ3n) is 3.07. The predicted molar refractivity (Wildman–Crippen MR) is 78.4 cm³/mol. The molecule has 0 saturated carbocycles. The maximum absolute atomic E-state index is 10.7. The second kappa shape index (κ2) is 6.17. The van der Waals surface area contributed by atoms with Crippen molar-refractivity contribution in [3.63, 3.8) is 0 Å². The van der Waals surface area contributed by atoms with Crippen LogP contribution in [0.15, 0.2) is 30.3 Å². The quantitative estimate of drug-likeness (QED) is 0.625. The van der Waals surface area contributed by atoms with Gasteiger partial charge >= 0.3 is 5.97 Å². The second-order valence-electron chi connectivity index (χ2n) is 4.81. The first kappa shape index (κ1) is 14.7. The molecule has 2 rings (SSSR count). The Balaban J connectivity index is 2.14. The molecule has 0 amide bonds. The Morgan fingerprint density at radius 3 is 2.86 bits per heavy atom. The van der Waals surface area contributed by atoms with E-state index in [9.17, 15) is 14.9 Å². The van der Waals surface area contributed by atoms with Gasteiger partial charge in [-0.05, 0) is 31.5 Å². The van der Waals surface area contributed by atoms with Gasteiger partial charge in [0.1, 0.15) is 5.82 Å². The number of nitrogens with one attached hydrogen (secondary N) is 1. The highest BCUT2D eigenvalue weighted by Crippen LogP contribution is 2.21. The lowest BCUT2D eigenvalue weighted by Gasteiger charge is -2.13. The summed E-state index contributed by atoms with van der Waals surface area (Å²) in [5.41, 5.74) is 0.677. The number of pyridine rings is 1. The van der Waals surface area contributed by atoms with E-state index < -0.39 is 10.9 Å². The number of hydrogen-bond acceptors (Lipinski definition) is 5. The number of nitro benzene ring substituents is 1. The molecule has 0 aliphatic rings. The molecule has 1 aromatic carbocycles. The lowest BCUT2D eigenvalue weighted by Crippen LogP contribution is -2.17. The van der Waals surface area contributed by atoms with Crippen LogP contribution in [0, 0.1) is 10.1 Å². The molecule has 1 heterocycles. The number of aromatic nitrogens is 1. The molecule has 21 heavy (non-hydrogen) atoms. The molecule has 0 aliphatic carbocycles. The number of fused-ring (bicyclic) bond motifs is 1. The zero-order chi connectivity index (χ0) is 15.4. The molecule has 7 nitrogen and oxygen atoms in total. The van der Waals surface area contributed by atoms with Crippen LogP contribution in [-0.4, -0.2) is 27.0 Å². The van der Waals surface area contributed by atoms with Crippen molar-refractivity contribution in [3.8, 4) is 0 Å². The zero-order valence-electron chi connectivity index (χ0n) is 11.4. The number of non-ortho nitro benzene ring substituents is 1. The maximum Gasteiger partial charge on any atom is 0.303 e. The fourth-order valence-corrected chi connectivity index (χ4v) is 1.97. The van der Waals surface area contributed by atoms with Crippen LogP contribution < -0.4 is 5.32 Å². The Kier molecular flexibility index (Phi) is 4.32. The van der Waals surface area contributed by atoms with Gasteiger partial charge in [0.05, 0.1) is 10.4 Å². The number of carboxylic acid groups (broad SMARTS) is 1. The van der Waals surface area contributed by atoms with Crippen LogP contribution in [0.3, 0.4) is 0 Å². The average molecular weight is 289 g/mol. The summed E-state index contributed by atoms with van der Waals surface area (Å²) in [6.45, 7) is 1.88. The average Bonchev–Trinajstić information content (AvgIpc) is 2.44. The number of aliphatic carboxylic acids is 1. The topological polar surface area (TPSA) is 105 Å². The molecule has 110 valence electrons. The summed E-state index contributed by atoms with van der Waals surface area (Å²) in [5, 5.41) is 23.2. The number of rotatable bonds is 6. The smallest absolute Gasteiger partial charge is 0.303 e. The minimum atomic E-state index is -0.831. The molecular weight excluding hydrogens is 274 g/mol. The van der Waals surface area contributed by atoms with Crippen molar-refractivity contribution in [2.45, 2.75) is 25.8 Å². The molecule has 1 atom stereocenters. The highest BCUT2D eigenvalue weighted by molar-refractivity contribution is 5.82. The minimum absolute atomic E-state index is 0.0240. The minimum Gasteiger partial charge on any atom is -0.481 e. The zero-order valence-corrected chi connectivity index (χ0v) is 11.4. The van der Waals surface area contributed by atoms with E-state index in [0.29, 0.717) is 23.1 Å². The van der Waals surface area contributed by atoms with Gasteiger partial charge < -0.3 is 10.4 Å². The summed E-state index contributed by atoms with van der Waals surface area (Å²) in [4.78, 5) is 25.1. The van der Waals surface area contributed by atoms with Gasteiger partial charge in [0.25, 0.3) is 5.69 Å². The number of hydrogen-bond donors (Lipinski definition) is 2. The first-order valence-electron chi connectivity index (χ1n) is 6.49. The Labute approximate surface area is 120 Å². The number of carbonyl (C=O) groups is 1. The number of anilines is 1. The standard InChI is InChI=1S/C14H15N3O4/c1-9(2-7-14(18)19)15-13-6-3-10-8-11(17(20)21)4-5-12(10)16-13/h3-6,8-9H,2,7H2,1H3,(H,15,16)(H,18,19). The van der Waals surface area contributed by atoms with Gasteiger partial charge in [-0.2, -0.15) is 0 Å². The van der Waals surface area contributed by atoms with E-state index in [1.165, 1.54) is 12.1 Å². The molecule has 0 aliphatic heterocycles. The molecule has 0 bridgehead atoms. The Morgan fingerprint density at radius 1 is 1.43 bits per heavy atom. The summed E-state index contributed by atoms with van der Waals surface area (Å²) < 4.78 is 0. The monoisotopic (exact) mass is 289 g/mol. The van der Waals surface area contributed by atoms with Gasteiger partial charge in [-0.25, -0.2) is 4.98 Å². The van der Waals surface area contributed by atoms with Crippen molar-refractivity contribution in [1.82, 2.24) is 4.98 Å². The maximum atomic E-state index is 10.7. The Morgan fingerprint density at radius 2 is 2.19 bits per heavy atom. The van der Waals surface area contributed by atoms with Crippen molar-refractivity contribution >= 4 is 28.4 Å².